The molecule has 0 aromatic heterocycles. The van der Waals surface area contributed by atoms with Crippen LogP contribution in [0.4, 0.5) is 4.79 Å². The predicted molar refractivity (Wildman–Crippen MR) is 124 cm³/mol. The summed E-state index contributed by atoms with van der Waals surface area (Å²) in [5, 5.41) is 11.7. The van der Waals surface area contributed by atoms with Gasteiger partial charge in [0.25, 0.3) is 5.91 Å². The zero-order valence-electron chi connectivity index (χ0n) is 19.1. The number of benzene rings is 2. The van der Waals surface area contributed by atoms with Gasteiger partial charge in [-0.15, -0.1) is 0 Å². The summed E-state index contributed by atoms with van der Waals surface area (Å²) >= 11 is 0. The molecule has 2 aromatic carbocycles. The van der Waals surface area contributed by atoms with Gasteiger partial charge in [-0.05, 0) is 31.0 Å². The molecule has 0 aliphatic carbocycles. The maximum absolute atomic E-state index is 12.6. The van der Waals surface area contributed by atoms with Crippen molar-refractivity contribution in [2.45, 2.75) is 32.4 Å². The Bertz CT molecular complexity index is 1000. The molecule has 0 bridgehead atoms. The normalized spacial score (nSPS) is 14.3. The molecule has 3 amide bonds. The number of alkyl carbamates (subject to hydrolysis) is 1. The minimum Gasteiger partial charge on any atom is -0.480 e. The number of hydrogen-bond acceptors (Lipinski definition) is 5. The monoisotopic (exact) mass is 467 g/mol. The van der Waals surface area contributed by atoms with Gasteiger partial charge in [-0.1, -0.05) is 48.0 Å². The second-order valence-electron chi connectivity index (χ2n) is 8.17. The molecule has 0 spiro atoms. The molecular weight excluding hydrogens is 438 g/mol. The van der Waals surface area contributed by atoms with Crippen molar-refractivity contribution >= 4 is 23.9 Å². The van der Waals surface area contributed by atoms with Crippen molar-refractivity contribution < 1.29 is 29.0 Å². The average molecular weight is 468 g/mol. The topological polar surface area (TPSA) is 116 Å². The summed E-state index contributed by atoms with van der Waals surface area (Å²) in [6.07, 6.45) is -0.953. The standard InChI is InChI=1S/C25H29N3O6/c1-18-7-9-20(10-8-18)23(30)28-15-13-27(14-16-28)22(29)12-11-21(24(31)32)26-25(33)34-17-19-5-3-2-4-6-19/h2-10,21H,11-17H2,1H3,(H,26,33)(H,31,32)/t21-/m0/s1. The lowest BCUT2D eigenvalue weighted by Crippen LogP contribution is -2.51. The van der Waals surface area contributed by atoms with Gasteiger partial charge >= 0.3 is 12.1 Å². The molecule has 1 heterocycles. The van der Waals surface area contributed by atoms with E-state index < -0.39 is 18.1 Å². The van der Waals surface area contributed by atoms with Crippen LogP contribution < -0.4 is 5.32 Å². The SMILES string of the molecule is Cc1ccc(C(=O)N2CCN(C(=O)CC[C@H](NC(=O)OCc3ccccc3)C(=O)O)CC2)cc1. The number of piperazine rings is 1. The Morgan fingerprint density at radius 1 is 0.941 bits per heavy atom. The second-order valence-corrected chi connectivity index (χ2v) is 8.17. The molecule has 1 atom stereocenters. The number of ether oxygens (including phenoxy) is 1. The number of carbonyl (C=O) groups is 4. The number of nitrogens with zero attached hydrogens (tertiary/aromatic N) is 2. The molecule has 2 N–H and O–H groups in total. The van der Waals surface area contributed by atoms with E-state index in [1.54, 1.807) is 46.2 Å². The van der Waals surface area contributed by atoms with Crippen molar-refractivity contribution in [1.82, 2.24) is 15.1 Å². The molecule has 9 nitrogen and oxygen atoms in total. The summed E-state index contributed by atoms with van der Waals surface area (Å²) in [5.41, 5.74) is 2.46. The van der Waals surface area contributed by atoms with E-state index in [0.717, 1.165) is 11.1 Å². The maximum atomic E-state index is 12.6. The maximum Gasteiger partial charge on any atom is 0.408 e. The zero-order chi connectivity index (χ0) is 24.5. The molecular formula is C25H29N3O6. The average Bonchev–Trinajstić information content (AvgIpc) is 2.85. The zero-order valence-corrected chi connectivity index (χ0v) is 19.1. The highest BCUT2D eigenvalue weighted by molar-refractivity contribution is 5.94. The van der Waals surface area contributed by atoms with E-state index in [2.05, 4.69) is 5.32 Å². The summed E-state index contributed by atoms with van der Waals surface area (Å²) in [7, 11) is 0. The minimum absolute atomic E-state index is 0.0174. The van der Waals surface area contributed by atoms with E-state index in [-0.39, 0.29) is 31.3 Å². The van der Waals surface area contributed by atoms with E-state index in [1.807, 2.05) is 25.1 Å². The number of nitrogens with one attached hydrogen (secondary N) is 1. The van der Waals surface area contributed by atoms with Gasteiger partial charge in [0.05, 0.1) is 0 Å². The fraction of sp³-hybridized carbons (Fsp3) is 0.360. The molecule has 180 valence electrons. The van der Waals surface area contributed by atoms with Gasteiger partial charge in [0.2, 0.25) is 5.91 Å². The number of amides is 3. The van der Waals surface area contributed by atoms with Crippen molar-refractivity contribution in [3.05, 3.63) is 71.3 Å². The first kappa shape index (κ1) is 24.8. The number of rotatable bonds is 8. The van der Waals surface area contributed by atoms with Crippen LogP contribution in [-0.2, 0) is 20.9 Å². The fourth-order valence-electron chi connectivity index (χ4n) is 3.63. The lowest BCUT2D eigenvalue weighted by atomic mass is 10.1. The van der Waals surface area contributed by atoms with Crippen LogP contribution in [0.5, 0.6) is 0 Å². The van der Waals surface area contributed by atoms with Crippen LogP contribution in [0.15, 0.2) is 54.6 Å². The Morgan fingerprint density at radius 2 is 1.56 bits per heavy atom. The summed E-state index contributed by atoms with van der Waals surface area (Å²) in [4.78, 5) is 52.1. The summed E-state index contributed by atoms with van der Waals surface area (Å²) in [6.45, 7) is 3.54. The lowest BCUT2D eigenvalue weighted by Gasteiger charge is -2.35. The quantitative estimate of drug-likeness (QED) is 0.616. The van der Waals surface area contributed by atoms with Gasteiger partial charge in [-0.25, -0.2) is 9.59 Å². The number of carboxylic acids is 1. The smallest absolute Gasteiger partial charge is 0.408 e. The molecule has 1 aliphatic heterocycles. The highest BCUT2D eigenvalue weighted by Gasteiger charge is 2.27. The first-order valence-electron chi connectivity index (χ1n) is 11.2. The number of aliphatic carboxylic acids is 1. The summed E-state index contributed by atoms with van der Waals surface area (Å²) in [5.74, 6) is -1.53. The lowest BCUT2D eigenvalue weighted by molar-refractivity contribution is -0.140. The number of carboxylic acid groups (broad SMARTS) is 1. The fourth-order valence-corrected chi connectivity index (χ4v) is 3.63. The number of carbonyl (C=O) groups excluding carboxylic acids is 3. The Morgan fingerprint density at radius 3 is 2.18 bits per heavy atom. The van der Waals surface area contributed by atoms with Crippen molar-refractivity contribution in [1.29, 1.82) is 0 Å². The largest absolute Gasteiger partial charge is 0.480 e. The van der Waals surface area contributed by atoms with Gasteiger partial charge in [0.1, 0.15) is 12.6 Å². The first-order valence-corrected chi connectivity index (χ1v) is 11.2. The van der Waals surface area contributed by atoms with Crippen LogP contribution in [-0.4, -0.2) is 71.0 Å². The highest BCUT2D eigenvalue weighted by atomic mass is 16.5. The Labute approximate surface area is 198 Å². The molecule has 1 aliphatic rings. The molecule has 0 radical (unpaired) electrons. The summed E-state index contributed by atoms with van der Waals surface area (Å²) in [6, 6.07) is 15.1. The second kappa shape index (κ2) is 11.8. The van der Waals surface area contributed by atoms with Gasteiger partial charge in [0.15, 0.2) is 0 Å². The van der Waals surface area contributed by atoms with Crippen LogP contribution in [0, 0.1) is 6.92 Å². The van der Waals surface area contributed by atoms with Crippen LogP contribution >= 0.6 is 0 Å². The molecule has 0 saturated carbocycles. The van der Waals surface area contributed by atoms with Crippen molar-refractivity contribution in [2.75, 3.05) is 26.2 Å². The summed E-state index contributed by atoms with van der Waals surface area (Å²) < 4.78 is 5.06. The van der Waals surface area contributed by atoms with Crippen molar-refractivity contribution in [3.8, 4) is 0 Å². The van der Waals surface area contributed by atoms with E-state index in [1.165, 1.54) is 0 Å². The Balaban J connectivity index is 1.42. The van der Waals surface area contributed by atoms with Crippen LogP contribution in [0.1, 0.15) is 34.3 Å². The molecule has 3 rings (SSSR count). The van der Waals surface area contributed by atoms with Crippen LogP contribution in [0.2, 0.25) is 0 Å². The van der Waals surface area contributed by atoms with Crippen molar-refractivity contribution in [2.24, 2.45) is 0 Å². The van der Waals surface area contributed by atoms with Crippen LogP contribution in [0.25, 0.3) is 0 Å². The third kappa shape index (κ3) is 7.06. The van der Waals surface area contributed by atoms with E-state index >= 15 is 0 Å². The number of aryl methyl sites for hydroxylation is 1. The molecule has 9 heteroatoms. The van der Waals surface area contributed by atoms with Gasteiger partial charge in [0, 0.05) is 38.2 Å². The predicted octanol–water partition coefficient (Wildman–Crippen LogP) is 2.44. The third-order valence-corrected chi connectivity index (χ3v) is 5.67. The van der Waals surface area contributed by atoms with Crippen LogP contribution in [0.3, 0.4) is 0 Å². The Kier molecular flexibility index (Phi) is 8.61. The van der Waals surface area contributed by atoms with Crippen molar-refractivity contribution in [3.63, 3.8) is 0 Å². The highest BCUT2D eigenvalue weighted by Crippen LogP contribution is 2.12. The van der Waals surface area contributed by atoms with E-state index in [0.29, 0.717) is 31.7 Å². The molecule has 34 heavy (non-hydrogen) atoms. The van der Waals surface area contributed by atoms with E-state index in [4.69, 9.17) is 4.74 Å². The minimum atomic E-state index is -1.24. The molecule has 1 fully saturated rings. The molecule has 2 aromatic rings. The third-order valence-electron chi connectivity index (χ3n) is 5.67. The van der Waals surface area contributed by atoms with Gasteiger partial charge in [-0.2, -0.15) is 0 Å². The molecule has 1 saturated heterocycles. The number of hydrogen-bond donors (Lipinski definition) is 2. The first-order chi connectivity index (χ1) is 16.3. The van der Waals surface area contributed by atoms with Gasteiger partial charge in [-0.3, -0.25) is 9.59 Å². The Hall–Kier alpha value is -3.88. The molecule has 0 unspecified atom stereocenters. The van der Waals surface area contributed by atoms with Gasteiger partial charge < -0.3 is 25.0 Å². The van der Waals surface area contributed by atoms with E-state index in [9.17, 15) is 24.3 Å².